The minimum Gasteiger partial charge on any atom is -0.444 e. The number of rotatable bonds is 1. The van der Waals surface area contributed by atoms with E-state index < -0.39 is 5.60 Å². The molecule has 6 nitrogen and oxygen atoms in total. The zero-order chi connectivity index (χ0) is 15.7. The summed E-state index contributed by atoms with van der Waals surface area (Å²) in [5.41, 5.74) is 2.63. The van der Waals surface area contributed by atoms with Gasteiger partial charge < -0.3 is 19.9 Å². The summed E-state index contributed by atoms with van der Waals surface area (Å²) in [5, 5.41) is 3.46. The molecule has 1 aliphatic heterocycles. The maximum atomic E-state index is 12.2. The van der Waals surface area contributed by atoms with Gasteiger partial charge in [-0.05, 0) is 38.5 Å². The van der Waals surface area contributed by atoms with E-state index in [-0.39, 0.29) is 12.1 Å². The Hall–Kier alpha value is -2.08. The molecule has 1 fully saturated rings. The number of ether oxygens (including phenoxy) is 1. The summed E-state index contributed by atoms with van der Waals surface area (Å²) in [6.07, 6.45) is 1.44. The molecule has 0 spiro atoms. The molecule has 22 heavy (non-hydrogen) atoms. The predicted molar refractivity (Wildman–Crippen MR) is 84.6 cm³/mol. The van der Waals surface area contributed by atoms with Gasteiger partial charge in [-0.1, -0.05) is 6.07 Å². The van der Waals surface area contributed by atoms with Crippen molar-refractivity contribution in [3.63, 3.8) is 0 Å². The lowest BCUT2D eigenvalue weighted by atomic mass is 10.0. The minimum atomic E-state index is -0.466. The van der Waals surface area contributed by atoms with Gasteiger partial charge in [0.25, 0.3) is 0 Å². The number of carbonyl (C=O) groups excluding carboxylic acids is 1. The Morgan fingerprint density at radius 1 is 1.41 bits per heavy atom. The highest BCUT2D eigenvalue weighted by atomic mass is 16.6. The number of amides is 1. The monoisotopic (exact) mass is 302 g/mol. The molecule has 1 aliphatic rings. The molecule has 3 rings (SSSR count). The molecule has 0 aliphatic carbocycles. The topological polar surface area (TPSA) is 70.2 Å². The molecular weight excluding hydrogens is 280 g/mol. The number of piperazine rings is 1. The lowest BCUT2D eigenvalue weighted by Crippen LogP contribution is -2.49. The lowest BCUT2D eigenvalue weighted by Gasteiger charge is -2.35. The summed E-state index contributed by atoms with van der Waals surface area (Å²) in [7, 11) is 0. The molecule has 1 amide bonds. The average Bonchev–Trinajstić information content (AvgIpc) is 2.93. The zero-order valence-electron chi connectivity index (χ0n) is 13.2. The van der Waals surface area contributed by atoms with Crippen molar-refractivity contribution < 1.29 is 9.53 Å². The number of aromatic amines is 1. The van der Waals surface area contributed by atoms with Crippen molar-refractivity contribution in [2.24, 2.45) is 0 Å². The van der Waals surface area contributed by atoms with E-state index in [1.165, 1.54) is 0 Å². The minimum absolute atomic E-state index is 0.106. The van der Waals surface area contributed by atoms with Gasteiger partial charge in [0, 0.05) is 19.6 Å². The van der Waals surface area contributed by atoms with Crippen molar-refractivity contribution in [2.75, 3.05) is 19.6 Å². The highest BCUT2D eigenvalue weighted by Gasteiger charge is 2.28. The molecule has 1 saturated heterocycles. The fourth-order valence-electron chi connectivity index (χ4n) is 2.64. The van der Waals surface area contributed by atoms with Crippen molar-refractivity contribution in [3.8, 4) is 0 Å². The Morgan fingerprint density at radius 2 is 2.23 bits per heavy atom. The van der Waals surface area contributed by atoms with Crippen LogP contribution in [0.2, 0.25) is 0 Å². The first-order chi connectivity index (χ1) is 10.4. The van der Waals surface area contributed by atoms with Gasteiger partial charge in [-0.2, -0.15) is 0 Å². The zero-order valence-corrected chi connectivity index (χ0v) is 13.2. The number of fused-ring (bicyclic) bond motifs is 1. The Morgan fingerprint density at radius 3 is 3.00 bits per heavy atom. The molecule has 2 heterocycles. The number of aromatic nitrogens is 2. The average molecular weight is 302 g/mol. The second kappa shape index (κ2) is 5.61. The van der Waals surface area contributed by atoms with E-state index in [2.05, 4.69) is 27.4 Å². The molecule has 1 unspecified atom stereocenters. The van der Waals surface area contributed by atoms with Gasteiger partial charge in [-0.15, -0.1) is 0 Å². The molecule has 2 N–H and O–H groups in total. The molecule has 0 bridgehead atoms. The van der Waals surface area contributed by atoms with Crippen LogP contribution in [0.3, 0.4) is 0 Å². The van der Waals surface area contributed by atoms with E-state index in [1.54, 1.807) is 11.2 Å². The number of hydrogen-bond acceptors (Lipinski definition) is 4. The normalized spacial score (nSPS) is 19.4. The maximum absolute atomic E-state index is 12.2. The fourth-order valence-corrected chi connectivity index (χ4v) is 2.64. The summed E-state index contributed by atoms with van der Waals surface area (Å²) in [6.45, 7) is 7.68. The first kappa shape index (κ1) is 14.8. The standard InChI is InChI=1S/C16H22N4O2/c1-16(2,3)22-15(21)20-7-6-17-14(9-20)11-4-5-12-13(8-11)19-10-18-12/h4-5,8,10,14,17H,6-7,9H2,1-3H3,(H,18,19). The summed E-state index contributed by atoms with van der Waals surface area (Å²) < 4.78 is 5.46. The van der Waals surface area contributed by atoms with Crippen LogP contribution in [0.1, 0.15) is 32.4 Å². The molecule has 1 atom stereocenters. The van der Waals surface area contributed by atoms with Crippen LogP contribution in [0.25, 0.3) is 11.0 Å². The number of nitrogens with one attached hydrogen (secondary N) is 2. The van der Waals surface area contributed by atoms with E-state index in [4.69, 9.17) is 4.74 Å². The molecular formula is C16H22N4O2. The molecule has 6 heteroatoms. The summed E-state index contributed by atoms with van der Waals surface area (Å²) in [6, 6.07) is 6.24. The SMILES string of the molecule is CC(C)(C)OC(=O)N1CCNC(c2ccc3nc[nH]c3c2)C1. The van der Waals surface area contributed by atoms with E-state index in [9.17, 15) is 4.79 Å². The molecule has 2 aromatic rings. The molecule has 1 aromatic heterocycles. The van der Waals surface area contributed by atoms with Crippen molar-refractivity contribution >= 4 is 17.1 Å². The Labute approximate surface area is 129 Å². The summed E-state index contributed by atoms with van der Waals surface area (Å²) >= 11 is 0. The highest BCUT2D eigenvalue weighted by molar-refractivity contribution is 5.75. The van der Waals surface area contributed by atoms with Crippen LogP contribution in [0.15, 0.2) is 24.5 Å². The van der Waals surface area contributed by atoms with Crippen LogP contribution in [0.5, 0.6) is 0 Å². The number of carbonyl (C=O) groups is 1. The quantitative estimate of drug-likeness (QED) is 0.849. The van der Waals surface area contributed by atoms with E-state index >= 15 is 0 Å². The third kappa shape index (κ3) is 3.22. The van der Waals surface area contributed by atoms with Gasteiger partial charge in [0.05, 0.1) is 23.4 Å². The van der Waals surface area contributed by atoms with Crippen LogP contribution in [-0.4, -0.2) is 46.2 Å². The van der Waals surface area contributed by atoms with Crippen molar-refractivity contribution in [1.29, 1.82) is 0 Å². The van der Waals surface area contributed by atoms with E-state index in [1.807, 2.05) is 26.8 Å². The van der Waals surface area contributed by atoms with Crippen molar-refractivity contribution in [2.45, 2.75) is 32.4 Å². The van der Waals surface area contributed by atoms with Gasteiger partial charge in [-0.3, -0.25) is 0 Å². The van der Waals surface area contributed by atoms with Crippen LogP contribution < -0.4 is 5.32 Å². The molecule has 1 aromatic carbocycles. The van der Waals surface area contributed by atoms with Crippen LogP contribution in [0, 0.1) is 0 Å². The predicted octanol–water partition coefficient (Wildman–Crippen LogP) is 2.44. The van der Waals surface area contributed by atoms with E-state index in [0.29, 0.717) is 13.1 Å². The molecule has 118 valence electrons. The smallest absolute Gasteiger partial charge is 0.410 e. The lowest BCUT2D eigenvalue weighted by molar-refractivity contribution is 0.0195. The first-order valence-electron chi connectivity index (χ1n) is 7.57. The van der Waals surface area contributed by atoms with Crippen molar-refractivity contribution in [1.82, 2.24) is 20.2 Å². The Bertz CT molecular complexity index is 674. The maximum Gasteiger partial charge on any atom is 0.410 e. The van der Waals surface area contributed by atoms with Crippen LogP contribution in [-0.2, 0) is 4.74 Å². The number of imidazole rings is 1. The third-order valence-electron chi connectivity index (χ3n) is 3.67. The second-order valence-corrected chi connectivity index (χ2v) is 6.61. The second-order valence-electron chi connectivity index (χ2n) is 6.61. The summed E-state index contributed by atoms with van der Waals surface area (Å²) in [4.78, 5) is 21.3. The van der Waals surface area contributed by atoms with Gasteiger partial charge >= 0.3 is 6.09 Å². The summed E-state index contributed by atoms with van der Waals surface area (Å²) in [5.74, 6) is 0. The van der Waals surface area contributed by atoms with Crippen LogP contribution >= 0.6 is 0 Å². The Balaban J connectivity index is 1.73. The van der Waals surface area contributed by atoms with Crippen LogP contribution in [0.4, 0.5) is 4.79 Å². The highest BCUT2D eigenvalue weighted by Crippen LogP contribution is 2.22. The first-order valence-corrected chi connectivity index (χ1v) is 7.57. The van der Waals surface area contributed by atoms with Gasteiger partial charge in [0.2, 0.25) is 0 Å². The number of H-pyrrole nitrogens is 1. The largest absolute Gasteiger partial charge is 0.444 e. The third-order valence-corrected chi connectivity index (χ3v) is 3.67. The van der Waals surface area contributed by atoms with Gasteiger partial charge in [-0.25, -0.2) is 9.78 Å². The van der Waals surface area contributed by atoms with Gasteiger partial charge in [0.15, 0.2) is 0 Å². The molecule has 0 saturated carbocycles. The molecule has 0 radical (unpaired) electrons. The number of nitrogens with zero attached hydrogens (tertiary/aromatic N) is 2. The van der Waals surface area contributed by atoms with Gasteiger partial charge in [0.1, 0.15) is 5.60 Å². The van der Waals surface area contributed by atoms with Crippen molar-refractivity contribution in [3.05, 3.63) is 30.1 Å². The van der Waals surface area contributed by atoms with E-state index in [0.717, 1.165) is 23.1 Å². The number of benzene rings is 1. The fraction of sp³-hybridized carbons (Fsp3) is 0.500. The Kier molecular flexibility index (Phi) is 3.78. The number of hydrogen-bond donors (Lipinski definition) is 2.